The largest absolute Gasteiger partial charge is 0.419 e. The molecule has 0 amide bonds. The highest BCUT2D eigenvalue weighted by molar-refractivity contribution is 7.10. The van der Waals surface area contributed by atoms with E-state index >= 15 is 0 Å². The number of ether oxygens (including phenoxy) is 1. The Bertz CT molecular complexity index is 896. The fourth-order valence-electron chi connectivity index (χ4n) is 3.19. The van der Waals surface area contributed by atoms with Crippen LogP contribution in [0.15, 0.2) is 52.3 Å². The number of nitrogens with zero attached hydrogens (tertiary/aromatic N) is 3. The number of rotatable bonds is 6. The quantitative estimate of drug-likeness (QED) is 0.702. The molecule has 3 aromatic rings. The van der Waals surface area contributed by atoms with Crippen molar-refractivity contribution in [2.45, 2.75) is 6.04 Å². The first-order chi connectivity index (χ1) is 13.3. The highest BCUT2D eigenvalue weighted by atomic mass is 32.1. The number of anilines is 1. The summed E-state index contributed by atoms with van der Waals surface area (Å²) in [6.45, 7) is 3.90. The molecule has 1 saturated heterocycles. The van der Waals surface area contributed by atoms with Gasteiger partial charge in [-0.25, -0.2) is 0 Å². The minimum absolute atomic E-state index is 0.200. The van der Waals surface area contributed by atoms with Crippen LogP contribution in [0.4, 0.5) is 5.88 Å². The molecule has 0 radical (unpaired) electrons. The number of oxazole rings is 1. The molecule has 1 aliphatic rings. The molecule has 1 aliphatic heterocycles. The molecule has 0 spiro atoms. The highest BCUT2D eigenvalue weighted by Crippen LogP contribution is 2.29. The van der Waals surface area contributed by atoms with Gasteiger partial charge in [-0.1, -0.05) is 24.3 Å². The summed E-state index contributed by atoms with van der Waals surface area (Å²) in [5.74, 6) is 0.875. The molecule has 0 saturated carbocycles. The van der Waals surface area contributed by atoms with Gasteiger partial charge in [-0.2, -0.15) is 10.2 Å². The molecule has 3 heterocycles. The maximum Gasteiger partial charge on any atom is 0.232 e. The lowest BCUT2D eigenvalue weighted by molar-refractivity contribution is 0.0193. The second-order valence-electron chi connectivity index (χ2n) is 6.24. The van der Waals surface area contributed by atoms with Gasteiger partial charge < -0.3 is 14.5 Å². The zero-order valence-electron chi connectivity index (χ0n) is 14.8. The summed E-state index contributed by atoms with van der Waals surface area (Å²) in [6.07, 6.45) is 0. The van der Waals surface area contributed by atoms with Gasteiger partial charge in [-0.15, -0.1) is 11.3 Å². The van der Waals surface area contributed by atoms with E-state index in [-0.39, 0.29) is 11.7 Å². The Balaban J connectivity index is 1.54. The van der Waals surface area contributed by atoms with Crippen LogP contribution in [0.3, 0.4) is 0 Å². The predicted octanol–water partition coefficient (Wildman–Crippen LogP) is 3.76. The molecule has 2 aromatic heterocycles. The van der Waals surface area contributed by atoms with Crippen molar-refractivity contribution >= 4 is 17.2 Å². The summed E-state index contributed by atoms with van der Waals surface area (Å²) in [6, 6.07) is 16.1. The minimum Gasteiger partial charge on any atom is -0.419 e. The molecule has 4 rings (SSSR count). The van der Waals surface area contributed by atoms with Crippen molar-refractivity contribution in [3.63, 3.8) is 0 Å². The number of hydrogen-bond acceptors (Lipinski definition) is 7. The van der Waals surface area contributed by atoms with E-state index in [1.54, 1.807) is 11.3 Å². The number of nitriles is 1. The number of aromatic nitrogens is 1. The van der Waals surface area contributed by atoms with Crippen LogP contribution in [0.2, 0.25) is 0 Å². The Morgan fingerprint density at radius 3 is 2.70 bits per heavy atom. The zero-order chi connectivity index (χ0) is 18.5. The van der Waals surface area contributed by atoms with Gasteiger partial charge in [0.05, 0.1) is 19.3 Å². The topological polar surface area (TPSA) is 74.3 Å². The van der Waals surface area contributed by atoms with E-state index in [1.165, 1.54) is 4.88 Å². The molecule has 0 bridgehead atoms. The number of benzene rings is 1. The number of hydrogen-bond donors (Lipinski definition) is 1. The normalized spacial score (nSPS) is 16.0. The Labute approximate surface area is 162 Å². The van der Waals surface area contributed by atoms with Gasteiger partial charge >= 0.3 is 0 Å². The van der Waals surface area contributed by atoms with Crippen molar-refractivity contribution in [2.24, 2.45) is 0 Å². The first-order valence-electron chi connectivity index (χ1n) is 8.90. The average molecular weight is 380 g/mol. The van der Waals surface area contributed by atoms with Crippen LogP contribution in [-0.2, 0) is 4.74 Å². The lowest BCUT2D eigenvalue weighted by Gasteiger charge is -2.34. The molecule has 6 nitrogen and oxygen atoms in total. The lowest BCUT2D eigenvalue weighted by Crippen LogP contribution is -2.41. The molecular weight excluding hydrogens is 360 g/mol. The van der Waals surface area contributed by atoms with Crippen LogP contribution >= 0.6 is 11.3 Å². The number of morpholine rings is 1. The predicted molar refractivity (Wildman–Crippen MR) is 105 cm³/mol. The Hall–Kier alpha value is -2.66. The molecule has 1 aromatic carbocycles. The summed E-state index contributed by atoms with van der Waals surface area (Å²) in [7, 11) is 0. The summed E-state index contributed by atoms with van der Waals surface area (Å²) >= 11 is 1.74. The third-order valence-electron chi connectivity index (χ3n) is 4.57. The van der Waals surface area contributed by atoms with E-state index in [9.17, 15) is 5.26 Å². The fourth-order valence-corrected chi connectivity index (χ4v) is 4.05. The SMILES string of the molecule is N#Cc1nc(-c2ccccc2)oc1NC[C@@H](c1cccs1)N1CCOCC1. The van der Waals surface area contributed by atoms with Crippen molar-refractivity contribution < 1.29 is 9.15 Å². The average Bonchev–Trinajstić information content (AvgIpc) is 3.40. The van der Waals surface area contributed by atoms with Crippen molar-refractivity contribution in [3.05, 3.63) is 58.4 Å². The summed E-state index contributed by atoms with van der Waals surface area (Å²) in [4.78, 5) is 8.02. The van der Waals surface area contributed by atoms with E-state index < -0.39 is 0 Å². The summed E-state index contributed by atoms with van der Waals surface area (Å²) < 4.78 is 11.4. The van der Waals surface area contributed by atoms with Crippen LogP contribution < -0.4 is 5.32 Å². The van der Waals surface area contributed by atoms with Crippen molar-refractivity contribution in [1.29, 1.82) is 5.26 Å². The van der Waals surface area contributed by atoms with E-state index in [0.717, 1.165) is 31.9 Å². The highest BCUT2D eigenvalue weighted by Gasteiger charge is 2.24. The third kappa shape index (κ3) is 4.03. The smallest absolute Gasteiger partial charge is 0.232 e. The fraction of sp³-hybridized carbons (Fsp3) is 0.300. The van der Waals surface area contributed by atoms with Gasteiger partial charge in [0.25, 0.3) is 0 Å². The Kier molecular flexibility index (Phi) is 5.49. The lowest BCUT2D eigenvalue weighted by atomic mass is 10.2. The van der Waals surface area contributed by atoms with Gasteiger partial charge in [-0.05, 0) is 23.6 Å². The second kappa shape index (κ2) is 8.35. The number of thiophene rings is 1. The summed E-state index contributed by atoms with van der Waals surface area (Å²) in [5.41, 5.74) is 1.13. The van der Waals surface area contributed by atoms with Gasteiger partial charge in [0.1, 0.15) is 6.07 Å². The van der Waals surface area contributed by atoms with Crippen LogP contribution in [-0.4, -0.2) is 42.7 Å². The van der Waals surface area contributed by atoms with Crippen molar-refractivity contribution in [3.8, 4) is 17.5 Å². The van der Waals surface area contributed by atoms with Crippen LogP contribution in [0.5, 0.6) is 0 Å². The van der Waals surface area contributed by atoms with Gasteiger partial charge in [0, 0.05) is 30.1 Å². The molecule has 0 aliphatic carbocycles. The molecule has 138 valence electrons. The minimum atomic E-state index is 0.200. The first-order valence-corrected chi connectivity index (χ1v) is 9.78. The number of nitrogens with one attached hydrogen (secondary N) is 1. The second-order valence-corrected chi connectivity index (χ2v) is 7.21. The van der Waals surface area contributed by atoms with E-state index in [0.29, 0.717) is 18.3 Å². The van der Waals surface area contributed by atoms with Gasteiger partial charge in [0.15, 0.2) is 0 Å². The molecule has 1 atom stereocenters. The van der Waals surface area contributed by atoms with Gasteiger partial charge in [-0.3, -0.25) is 4.90 Å². The third-order valence-corrected chi connectivity index (χ3v) is 5.54. The van der Waals surface area contributed by atoms with E-state index in [4.69, 9.17) is 9.15 Å². The molecule has 0 unspecified atom stereocenters. The van der Waals surface area contributed by atoms with Crippen molar-refractivity contribution in [2.75, 3.05) is 38.2 Å². The maximum atomic E-state index is 9.44. The maximum absolute atomic E-state index is 9.44. The van der Waals surface area contributed by atoms with Crippen LogP contribution in [0.1, 0.15) is 16.6 Å². The van der Waals surface area contributed by atoms with E-state index in [2.05, 4.69) is 38.8 Å². The molecule has 1 N–H and O–H groups in total. The molecule has 7 heteroatoms. The Morgan fingerprint density at radius 1 is 1.19 bits per heavy atom. The molecular formula is C20H20N4O2S. The van der Waals surface area contributed by atoms with E-state index in [1.807, 2.05) is 30.3 Å². The zero-order valence-corrected chi connectivity index (χ0v) is 15.6. The standard InChI is InChI=1S/C20H20N4O2S/c21-13-16-20(26-19(23-16)15-5-2-1-3-6-15)22-14-17(18-7-4-12-27-18)24-8-10-25-11-9-24/h1-7,12,17,22H,8-11,14H2/t17-/m0/s1. The first kappa shape index (κ1) is 17.7. The molecule has 1 fully saturated rings. The van der Waals surface area contributed by atoms with Gasteiger partial charge in [0.2, 0.25) is 17.5 Å². The van der Waals surface area contributed by atoms with Crippen LogP contribution in [0, 0.1) is 11.3 Å². The summed E-state index contributed by atoms with van der Waals surface area (Å²) in [5, 5.41) is 14.8. The van der Waals surface area contributed by atoms with Crippen LogP contribution in [0.25, 0.3) is 11.5 Å². The monoisotopic (exact) mass is 380 g/mol. The molecule has 27 heavy (non-hydrogen) atoms. The van der Waals surface area contributed by atoms with Crippen molar-refractivity contribution in [1.82, 2.24) is 9.88 Å². The Morgan fingerprint density at radius 2 is 2.00 bits per heavy atom.